The van der Waals surface area contributed by atoms with Gasteiger partial charge in [-0.05, 0) is 54.7 Å². The molecule has 6 nitrogen and oxygen atoms in total. The predicted molar refractivity (Wildman–Crippen MR) is 116 cm³/mol. The minimum absolute atomic E-state index is 0.0116. The summed E-state index contributed by atoms with van der Waals surface area (Å²) in [5.41, 5.74) is 3.76. The highest BCUT2D eigenvalue weighted by Gasteiger charge is 2.37. The van der Waals surface area contributed by atoms with Gasteiger partial charge in [-0.15, -0.1) is 0 Å². The van der Waals surface area contributed by atoms with Crippen molar-refractivity contribution in [1.29, 1.82) is 0 Å². The molecule has 2 aromatic carbocycles. The largest absolute Gasteiger partial charge is 0.479 e. The Labute approximate surface area is 182 Å². The van der Waals surface area contributed by atoms with E-state index >= 15 is 4.39 Å². The van der Waals surface area contributed by atoms with Crippen LogP contribution in [-0.4, -0.2) is 38.6 Å². The number of carboxylic acid groups (broad SMARTS) is 1. The molecule has 32 heavy (non-hydrogen) atoms. The lowest BCUT2D eigenvalue weighted by Crippen LogP contribution is -2.18. The number of halogens is 2. The van der Waals surface area contributed by atoms with E-state index in [4.69, 9.17) is 4.74 Å². The van der Waals surface area contributed by atoms with Gasteiger partial charge in [0.15, 0.2) is 11.9 Å². The van der Waals surface area contributed by atoms with E-state index in [2.05, 4.69) is 10.2 Å². The van der Waals surface area contributed by atoms with Crippen LogP contribution in [0.3, 0.4) is 0 Å². The van der Waals surface area contributed by atoms with Crippen molar-refractivity contribution in [3.05, 3.63) is 58.9 Å². The van der Waals surface area contributed by atoms with Gasteiger partial charge in [0.05, 0.1) is 18.3 Å². The fourth-order valence-corrected chi connectivity index (χ4v) is 4.88. The van der Waals surface area contributed by atoms with Gasteiger partial charge in [0.1, 0.15) is 11.3 Å². The minimum Gasteiger partial charge on any atom is -0.479 e. The number of rotatable bonds is 4. The summed E-state index contributed by atoms with van der Waals surface area (Å²) in [6.07, 6.45) is 0.904. The number of ether oxygens (including phenoxy) is 1. The van der Waals surface area contributed by atoms with Crippen molar-refractivity contribution in [2.75, 3.05) is 6.61 Å². The number of aromatic nitrogens is 3. The van der Waals surface area contributed by atoms with Crippen molar-refractivity contribution < 1.29 is 23.4 Å². The molecule has 0 saturated carbocycles. The van der Waals surface area contributed by atoms with Gasteiger partial charge in [-0.2, -0.15) is 5.10 Å². The fourth-order valence-electron chi connectivity index (χ4n) is 4.88. The number of hydrogen-bond acceptors (Lipinski definition) is 3. The van der Waals surface area contributed by atoms with E-state index < -0.39 is 17.9 Å². The summed E-state index contributed by atoms with van der Waals surface area (Å²) in [5.74, 6) is -2.05. The first kappa shape index (κ1) is 20.6. The normalized spacial score (nSPS) is 18.9. The first-order chi connectivity index (χ1) is 15.3. The zero-order chi connectivity index (χ0) is 22.7. The standard InChI is InChI=1S/C24H23F2N3O3/c1-11(2)23-19(14-8-18(24(30)31)32-10-14)20-17(7-13-9-27-28-22(13)21(20)26)29(23)15-4-5-16(25)12(3)6-15/h4-7,9,11,14,18H,8,10H2,1-3H3,(H,27,28)(H,30,31)/t14-,18+/m0/s1. The van der Waals surface area contributed by atoms with E-state index in [9.17, 15) is 14.3 Å². The predicted octanol–water partition coefficient (Wildman–Crippen LogP) is 5.17. The molecule has 1 aliphatic rings. The van der Waals surface area contributed by atoms with E-state index in [1.54, 1.807) is 25.3 Å². The van der Waals surface area contributed by atoms with E-state index in [1.807, 2.05) is 24.5 Å². The van der Waals surface area contributed by atoms with Gasteiger partial charge < -0.3 is 14.4 Å². The molecule has 1 saturated heterocycles. The van der Waals surface area contributed by atoms with Crippen molar-refractivity contribution in [3.8, 4) is 5.69 Å². The number of carbonyl (C=O) groups is 1. The van der Waals surface area contributed by atoms with Crippen LogP contribution in [0.15, 0.2) is 30.5 Å². The van der Waals surface area contributed by atoms with Gasteiger partial charge >= 0.3 is 5.97 Å². The summed E-state index contributed by atoms with van der Waals surface area (Å²) < 4.78 is 37.4. The summed E-state index contributed by atoms with van der Waals surface area (Å²) in [6, 6.07) is 6.70. The Kier molecular flexibility index (Phi) is 4.78. The average molecular weight is 439 g/mol. The van der Waals surface area contributed by atoms with Crippen LogP contribution in [0.5, 0.6) is 0 Å². The topological polar surface area (TPSA) is 80.1 Å². The van der Waals surface area contributed by atoms with Crippen LogP contribution in [0, 0.1) is 18.6 Å². The van der Waals surface area contributed by atoms with E-state index in [1.165, 1.54) is 6.07 Å². The van der Waals surface area contributed by atoms with Crippen LogP contribution in [0.4, 0.5) is 8.78 Å². The van der Waals surface area contributed by atoms with Crippen LogP contribution >= 0.6 is 0 Å². The number of aromatic amines is 1. The summed E-state index contributed by atoms with van der Waals surface area (Å²) in [7, 11) is 0. The third kappa shape index (κ3) is 3.01. The second kappa shape index (κ2) is 7.41. The molecule has 0 aliphatic carbocycles. The highest BCUT2D eigenvalue weighted by Crippen LogP contribution is 2.44. The average Bonchev–Trinajstić information content (AvgIpc) is 3.46. The van der Waals surface area contributed by atoms with Gasteiger partial charge in [0, 0.05) is 28.1 Å². The molecule has 0 radical (unpaired) electrons. The zero-order valence-electron chi connectivity index (χ0n) is 17.9. The molecule has 2 atom stereocenters. The summed E-state index contributed by atoms with van der Waals surface area (Å²) in [4.78, 5) is 11.5. The Bertz CT molecular complexity index is 1370. The number of nitrogens with zero attached hydrogens (tertiary/aromatic N) is 2. The van der Waals surface area contributed by atoms with Crippen LogP contribution in [0.2, 0.25) is 0 Å². The molecule has 0 bridgehead atoms. The van der Waals surface area contributed by atoms with Crippen LogP contribution in [0.1, 0.15) is 48.9 Å². The Morgan fingerprint density at radius 1 is 1.31 bits per heavy atom. The Morgan fingerprint density at radius 3 is 2.75 bits per heavy atom. The lowest BCUT2D eigenvalue weighted by molar-refractivity contribution is -0.147. The molecule has 3 heterocycles. The van der Waals surface area contributed by atoms with E-state index in [-0.39, 0.29) is 30.7 Å². The monoisotopic (exact) mass is 439 g/mol. The molecule has 0 spiro atoms. The Morgan fingerprint density at radius 2 is 2.09 bits per heavy atom. The van der Waals surface area contributed by atoms with E-state index in [0.29, 0.717) is 27.4 Å². The summed E-state index contributed by atoms with van der Waals surface area (Å²) in [5, 5.41) is 17.2. The fraction of sp³-hybridized carbons (Fsp3) is 0.333. The molecule has 2 aromatic heterocycles. The molecule has 1 fully saturated rings. The lowest BCUT2D eigenvalue weighted by atomic mass is 9.89. The van der Waals surface area contributed by atoms with Gasteiger partial charge in [-0.25, -0.2) is 13.6 Å². The molecule has 1 aliphatic heterocycles. The molecule has 8 heteroatoms. The number of nitrogens with one attached hydrogen (secondary N) is 1. The molecule has 4 aromatic rings. The first-order valence-corrected chi connectivity index (χ1v) is 10.6. The molecule has 5 rings (SSSR count). The molecule has 0 unspecified atom stereocenters. The van der Waals surface area contributed by atoms with Gasteiger partial charge in [0.2, 0.25) is 0 Å². The van der Waals surface area contributed by atoms with Crippen LogP contribution in [0.25, 0.3) is 27.5 Å². The second-order valence-electron chi connectivity index (χ2n) is 8.73. The van der Waals surface area contributed by atoms with Gasteiger partial charge in [-0.3, -0.25) is 5.10 Å². The highest BCUT2D eigenvalue weighted by molar-refractivity contribution is 6.00. The van der Waals surface area contributed by atoms with Crippen molar-refractivity contribution in [2.45, 2.75) is 45.1 Å². The van der Waals surface area contributed by atoms with Gasteiger partial charge in [0.25, 0.3) is 0 Å². The molecule has 0 amide bonds. The van der Waals surface area contributed by atoms with E-state index in [0.717, 1.165) is 16.9 Å². The quantitative estimate of drug-likeness (QED) is 0.460. The number of H-pyrrole nitrogens is 1. The zero-order valence-corrected chi connectivity index (χ0v) is 17.9. The number of carboxylic acids is 1. The molecule has 166 valence electrons. The number of hydrogen-bond donors (Lipinski definition) is 2. The number of aryl methyl sites for hydroxylation is 1. The smallest absolute Gasteiger partial charge is 0.332 e. The highest BCUT2D eigenvalue weighted by atomic mass is 19.1. The summed E-state index contributed by atoms with van der Waals surface area (Å²) in [6.45, 7) is 5.91. The number of benzene rings is 2. The first-order valence-electron chi connectivity index (χ1n) is 10.6. The van der Waals surface area contributed by atoms with Crippen molar-refractivity contribution in [1.82, 2.24) is 14.8 Å². The maximum atomic E-state index is 15.9. The maximum absolute atomic E-state index is 15.9. The SMILES string of the molecule is Cc1cc(-n2c(C(C)C)c([C@@H]3CO[C@@H](C(=O)O)C3)c3c(F)c4[nH]ncc4cc32)ccc1F. The summed E-state index contributed by atoms with van der Waals surface area (Å²) >= 11 is 0. The molecular formula is C24H23F2N3O3. The van der Waals surface area contributed by atoms with Gasteiger partial charge in [-0.1, -0.05) is 13.8 Å². The number of aliphatic carboxylic acids is 1. The van der Waals surface area contributed by atoms with Crippen LogP contribution in [-0.2, 0) is 9.53 Å². The van der Waals surface area contributed by atoms with Crippen molar-refractivity contribution in [3.63, 3.8) is 0 Å². The van der Waals surface area contributed by atoms with Crippen LogP contribution < -0.4 is 0 Å². The third-order valence-corrected chi connectivity index (χ3v) is 6.31. The van der Waals surface area contributed by atoms with Crippen molar-refractivity contribution in [2.24, 2.45) is 0 Å². The Hall–Kier alpha value is -3.26. The molecule has 2 N–H and O–H groups in total. The molecular weight excluding hydrogens is 416 g/mol. The Balaban J connectivity index is 1.88. The number of fused-ring (bicyclic) bond motifs is 2. The second-order valence-corrected chi connectivity index (χ2v) is 8.73. The lowest BCUT2D eigenvalue weighted by Gasteiger charge is -2.18. The third-order valence-electron chi connectivity index (χ3n) is 6.31. The maximum Gasteiger partial charge on any atom is 0.332 e. The minimum atomic E-state index is -1.02. The van der Waals surface area contributed by atoms with Crippen molar-refractivity contribution >= 4 is 27.8 Å².